The van der Waals surface area contributed by atoms with Gasteiger partial charge in [-0.2, -0.15) is 13.2 Å². The van der Waals surface area contributed by atoms with E-state index >= 15 is 0 Å². The first-order valence-electron chi connectivity index (χ1n) is 12.5. The molecule has 0 atom stereocenters. The van der Waals surface area contributed by atoms with Crippen molar-refractivity contribution in [1.29, 1.82) is 0 Å². The first-order chi connectivity index (χ1) is 17.9. The maximum atomic E-state index is 13.7. The topological polar surface area (TPSA) is 91.0 Å². The van der Waals surface area contributed by atoms with E-state index in [4.69, 9.17) is 9.90 Å². The van der Waals surface area contributed by atoms with Gasteiger partial charge in [0.2, 0.25) is 0 Å². The van der Waals surface area contributed by atoms with Crippen LogP contribution in [0.2, 0.25) is 0 Å². The van der Waals surface area contributed by atoms with Crippen LogP contribution in [0.1, 0.15) is 29.8 Å². The van der Waals surface area contributed by atoms with Crippen LogP contribution in [0.4, 0.5) is 18.0 Å². The number of halogens is 3. The number of hydrogen-bond acceptors (Lipinski definition) is 4. The van der Waals surface area contributed by atoms with Crippen LogP contribution in [0, 0.1) is 5.92 Å². The molecule has 2 aliphatic rings. The smallest absolute Gasteiger partial charge is 0.475 e. The molecular weight excluding hydrogens is 503 g/mol. The number of para-hydroxylation sites is 1. The molecule has 5 rings (SSSR count). The molecule has 2 fully saturated rings. The number of hydrogen-bond donors (Lipinski definition) is 1. The Morgan fingerprint density at radius 2 is 1.68 bits per heavy atom. The zero-order valence-corrected chi connectivity index (χ0v) is 21.7. The lowest BCUT2D eigenvalue weighted by atomic mass is 10.2. The van der Waals surface area contributed by atoms with Crippen LogP contribution < -0.4 is 0 Å². The van der Waals surface area contributed by atoms with Gasteiger partial charge < -0.3 is 24.4 Å². The van der Waals surface area contributed by atoms with Gasteiger partial charge >= 0.3 is 18.2 Å². The first-order valence-corrected chi connectivity index (χ1v) is 12.5. The highest BCUT2D eigenvalue weighted by atomic mass is 19.4. The van der Waals surface area contributed by atoms with Crippen molar-refractivity contribution in [3.8, 4) is 0 Å². The summed E-state index contributed by atoms with van der Waals surface area (Å²) in [5.74, 6) is -2.12. The second-order valence-corrected chi connectivity index (χ2v) is 10.1. The lowest BCUT2D eigenvalue weighted by Gasteiger charge is -2.22. The van der Waals surface area contributed by atoms with Crippen molar-refractivity contribution >= 4 is 39.8 Å². The number of nitrogens with zero attached hydrogens (tertiary/aromatic N) is 5. The van der Waals surface area contributed by atoms with E-state index in [0.29, 0.717) is 18.2 Å². The molecule has 38 heavy (non-hydrogen) atoms. The molecule has 1 aliphatic heterocycles. The Balaban J connectivity index is 0.000000426. The summed E-state index contributed by atoms with van der Waals surface area (Å²) in [5, 5.41) is 8.16. The van der Waals surface area contributed by atoms with Crippen LogP contribution in [-0.2, 0) is 11.3 Å². The molecule has 0 radical (unpaired) electrons. The van der Waals surface area contributed by atoms with E-state index in [0.717, 1.165) is 54.5 Å². The van der Waals surface area contributed by atoms with Crippen LogP contribution in [0.5, 0.6) is 0 Å². The summed E-state index contributed by atoms with van der Waals surface area (Å²) in [6, 6.07) is 10.0. The molecular formula is C26H32F3N5O4. The van der Waals surface area contributed by atoms with Gasteiger partial charge in [0.15, 0.2) is 0 Å². The average molecular weight is 536 g/mol. The van der Waals surface area contributed by atoms with Crippen molar-refractivity contribution < 1.29 is 32.7 Å². The molecule has 0 bridgehead atoms. The van der Waals surface area contributed by atoms with Crippen LogP contribution >= 0.6 is 0 Å². The Bertz CT molecular complexity index is 1360. The third-order valence-electron chi connectivity index (χ3n) is 6.90. The highest BCUT2D eigenvalue weighted by Crippen LogP contribution is 2.37. The molecule has 1 saturated carbocycles. The number of fused-ring (bicyclic) bond motifs is 3. The number of alkyl halides is 3. The fourth-order valence-electron chi connectivity index (χ4n) is 4.72. The predicted molar refractivity (Wildman–Crippen MR) is 136 cm³/mol. The van der Waals surface area contributed by atoms with E-state index in [2.05, 4.69) is 28.6 Å². The van der Waals surface area contributed by atoms with E-state index < -0.39 is 12.1 Å². The summed E-state index contributed by atoms with van der Waals surface area (Å²) in [5.41, 5.74) is 3.45. The molecule has 2 aromatic heterocycles. The number of likely N-dealkylation sites (N-methyl/N-ethyl adjacent to an activating group) is 1. The van der Waals surface area contributed by atoms with Gasteiger partial charge in [0.25, 0.3) is 5.91 Å². The Hall–Kier alpha value is -3.54. The molecule has 206 valence electrons. The van der Waals surface area contributed by atoms with Crippen LogP contribution in [0.25, 0.3) is 21.9 Å². The summed E-state index contributed by atoms with van der Waals surface area (Å²) in [4.78, 5) is 41.6. The van der Waals surface area contributed by atoms with Gasteiger partial charge in [-0.15, -0.1) is 0 Å². The number of rotatable bonds is 3. The number of amides is 2. The van der Waals surface area contributed by atoms with E-state index in [1.807, 2.05) is 23.1 Å². The van der Waals surface area contributed by atoms with Gasteiger partial charge in [0.05, 0.1) is 16.6 Å². The molecule has 2 amide bonds. The van der Waals surface area contributed by atoms with E-state index in [1.165, 1.54) is 12.8 Å². The summed E-state index contributed by atoms with van der Waals surface area (Å²) in [6.07, 6.45) is -1.64. The summed E-state index contributed by atoms with van der Waals surface area (Å²) in [6.45, 7) is 4.18. The van der Waals surface area contributed by atoms with E-state index in [9.17, 15) is 22.8 Å². The van der Waals surface area contributed by atoms with Crippen molar-refractivity contribution in [1.82, 2.24) is 23.8 Å². The minimum absolute atomic E-state index is 0.0521. The van der Waals surface area contributed by atoms with E-state index in [1.54, 1.807) is 23.6 Å². The van der Waals surface area contributed by atoms with Crippen molar-refractivity contribution in [3.63, 3.8) is 0 Å². The van der Waals surface area contributed by atoms with Gasteiger partial charge in [0, 0.05) is 45.7 Å². The molecule has 1 aromatic carbocycles. The van der Waals surface area contributed by atoms with Crippen LogP contribution in [-0.4, -0.2) is 100 Å². The first kappa shape index (κ1) is 27.5. The molecule has 1 aliphatic carbocycles. The Morgan fingerprint density at radius 3 is 2.29 bits per heavy atom. The zero-order chi connectivity index (χ0) is 27.8. The van der Waals surface area contributed by atoms with Gasteiger partial charge in [-0.3, -0.25) is 9.36 Å². The van der Waals surface area contributed by atoms with Gasteiger partial charge in [-0.1, -0.05) is 18.2 Å². The lowest BCUT2D eigenvalue weighted by molar-refractivity contribution is -0.192. The standard InChI is InChI=1S/C24H31N5O2.C2HF3O2/c1-25(2)24(31)29-21(23(30)27-12-6-11-26(3)13-14-27)15-20-22(29)18-7-4-5-8-19(18)28(20)16-17-9-10-17;3-2(4,5)1(6)7/h4-5,7-8,15,17H,6,9-14,16H2,1-3H3;(H,6,7). The molecule has 3 heterocycles. The monoisotopic (exact) mass is 535 g/mol. The largest absolute Gasteiger partial charge is 0.490 e. The maximum absolute atomic E-state index is 13.7. The molecule has 1 saturated heterocycles. The Morgan fingerprint density at radius 1 is 1.03 bits per heavy atom. The Labute approximate surface area is 218 Å². The molecule has 1 N–H and O–H groups in total. The predicted octanol–water partition coefficient (Wildman–Crippen LogP) is 3.95. The third-order valence-corrected chi connectivity index (χ3v) is 6.90. The lowest BCUT2D eigenvalue weighted by Crippen LogP contribution is -2.37. The number of carboxylic acids is 1. The van der Waals surface area contributed by atoms with Gasteiger partial charge in [-0.05, 0) is 50.9 Å². The van der Waals surface area contributed by atoms with E-state index in [-0.39, 0.29) is 11.9 Å². The van der Waals surface area contributed by atoms with Crippen molar-refractivity contribution in [3.05, 3.63) is 36.0 Å². The minimum Gasteiger partial charge on any atom is -0.475 e. The van der Waals surface area contributed by atoms with Crippen molar-refractivity contribution in [2.75, 3.05) is 47.3 Å². The number of carbonyl (C=O) groups is 3. The second kappa shape index (κ2) is 10.7. The highest BCUT2D eigenvalue weighted by Gasteiger charge is 2.38. The number of benzene rings is 1. The summed E-state index contributed by atoms with van der Waals surface area (Å²) in [7, 11) is 5.58. The quantitative estimate of drug-likeness (QED) is 0.549. The molecule has 9 nitrogen and oxygen atoms in total. The third kappa shape index (κ3) is 5.64. The van der Waals surface area contributed by atoms with Crippen LogP contribution in [0.3, 0.4) is 0 Å². The van der Waals surface area contributed by atoms with Crippen molar-refractivity contribution in [2.24, 2.45) is 5.92 Å². The second-order valence-electron chi connectivity index (χ2n) is 10.1. The number of carbonyl (C=O) groups excluding carboxylic acids is 2. The fourth-order valence-corrected chi connectivity index (χ4v) is 4.72. The summed E-state index contributed by atoms with van der Waals surface area (Å²) < 4.78 is 35.7. The highest BCUT2D eigenvalue weighted by molar-refractivity contribution is 6.14. The average Bonchev–Trinajstić information content (AvgIpc) is 3.57. The van der Waals surface area contributed by atoms with Crippen LogP contribution in [0.15, 0.2) is 30.3 Å². The van der Waals surface area contributed by atoms with Crippen molar-refractivity contribution in [2.45, 2.75) is 32.0 Å². The number of carboxylic acid groups (broad SMARTS) is 1. The molecule has 0 unspecified atom stereocenters. The molecule has 12 heteroatoms. The zero-order valence-electron chi connectivity index (χ0n) is 21.7. The number of aromatic nitrogens is 2. The minimum atomic E-state index is -5.08. The molecule has 3 aromatic rings. The normalized spacial score (nSPS) is 16.7. The fraction of sp³-hybridized carbons (Fsp3) is 0.500. The maximum Gasteiger partial charge on any atom is 0.490 e. The van der Waals surface area contributed by atoms with Gasteiger partial charge in [-0.25, -0.2) is 9.59 Å². The molecule has 0 spiro atoms. The Kier molecular flexibility index (Phi) is 7.73. The van der Waals surface area contributed by atoms with Gasteiger partial charge in [0.1, 0.15) is 5.69 Å². The number of aliphatic carboxylic acids is 1. The SMILES string of the molecule is CN1CCCN(C(=O)c2cc3c(c4ccccc4n3CC3CC3)n2C(=O)N(C)C)CC1.O=C(O)C(F)(F)F. The summed E-state index contributed by atoms with van der Waals surface area (Å²) >= 11 is 0.